The fourth-order valence-corrected chi connectivity index (χ4v) is 4.46. The molecular weight excluding hydrogens is 388 g/mol. The van der Waals surface area contributed by atoms with Crippen molar-refractivity contribution in [2.24, 2.45) is 0 Å². The van der Waals surface area contributed by atoms with Crippen LogP contribution in [0.2, 0.25) is 0 Å². The zero-order valence-electron chi connectivity index (χ0n) is 16.4. The third-order valence-electron chi connectivity index (χ3n) is 6.18. The normalized spacial score (nSPS) is 24.3. The number of aliphatic hydroxyl groups is 1. The zero-order valence-corrected chi connectivity index (χ0v) is 16.4. The summed E-state index contributed by atoms with van der Waals surface area (Å²) in [5.74, 6) is -1.70. The molecule has 0 aliphatic carbocycles. The highest BCUT2D eigenvalue weighted by atomic mass is 16.6. The van der Waals surface area contributed by atoms with Crippen LogP contribution in [0.25, 0.3) is 5.57 Å². The number of pyridine rings is 1. The van der Waals surface area contributed by atoms with E-state index >= 15 is 0 Å². The van der Waals surface area contributed by atoms with Gasteiger partial charge in [0.05, 0.1) is 29.1 Å². The first kappa shape index (κ1) is 18.5. The largest absolute Gasteiger partial charge is 0.458 e. The molecular formula is C22H18N2O6. The van der Waals surface area contributed by atoms with Gasteiger partial charge in [-0.25, -0.2) is 4.79 Å². The van der Waals surface area contributed by atoms with Gasteiger partial charge in [0, 0.05) is 16.7 Å². The lowest BCUT2D eigenvalue weighted by Crippen LogP contribution is -2.44. The van der Waals surface area contributed by atoms with Crippen molar-refractivity contribution in [1.82, 2.24) is 4.57 Å². The van der Waals surface area contributed by atoms with Gasteiger partial charge in [-0.05, 0) is 25.0 Å². The molecule has 2 N–H and O–H groups in total. The number of ether oxygens (including phenoxy) is 1. The number of carbonyl (C=O) groups is 3. The molecule has 8 heteroatoms. The van der Waals surface area contributed by atoms with Crippen LogP contribution in [0.15, 0.2) is 34.6 Å². The van der Waals surface area contributed by atoms with Crippen LogP contribution >= 0.6 is 0 Å². The number of carbonyl (C=O) groups excluding carboxylic acids is 3. The zero-order chi connectivity index (χ0) is 21.4. The summed E-state index contributed by atoms with van der Waals surface area (Å²) in [5, 5.41) is 13.6. The van der Waals surface area contributed by atoms with Crippen molar-refractivity contribution in [3.8, 4) is 0 Å². The first-order valence-electron chi connectivity index (χ1n) is 9.64. The molecule has 1 aromatic carbocycles. The molecule has 2 aromatic rings. The Morgan fingerprint density at radius 1 is 1.23 bits per heavy atom. The quantitative estimate of drug-likeness (QED) is 0.547. The molecule has 0 bridgehead atoms. The van der Waals surface area contributed by atoms with Crippen LogP contribution in [0.5, 0.6) is 0 Å². The van der Waals surface area contributed by atoms with E-state index in [4.69, 9.17) is 4.74 Å². The maximum atomic E-state index is 13.2. The number of nitrogens with zero attached hydrogens (tertiary/aromatic N) is 1. The molecule has 4 heterocycles. The summed E-state index contributed by atoms with van der Waals surface area (Å²) in [6.45, 7) is 3.13. The van der Waals surface area contributed by atoms with Crippen molar-refractivity contribution in [2.45, 2.75) is 39.0 Å². The molecule has 0 saturated carbocycles. The number of nitrogens with one attached hydrogen (secondary N) is 1. The first-order valence-corrected chi connectivity index (χ1v) is 9.64. The fourth-order valence-electron chi connectivity index (χ4n) is 4.46. The highest BCUT2D eigenvalue weighted by molar-refractivity contribution is 6.37. The number of aryl methyl sites for hydroxylation is 1. The minimum Gasteiger partial charge on any atom is -0.458 e. The summed E-state index contributed by atoms with van der Waals surface area (Å²) < 4.78 is 6.30. The average molecular weight is 406 g/mol. The Morgan fingerprint density at radius 2 is 2.00 bits per heavy atom. The number of esters is 1. The summed E-state index contributed by atoms with van der Waals surface area (Å²) >= 11 is 0. The van der Waals surface area contributed by atoms with Gasteiger partial charge in [0.15, 0.2) is 5.60 Å². The lowest BCUT2D eigenvalue weighted by molar-refractivity contribution is -0.172. The standard InChI is InChI=1S/C22H18N2O6/c1-3-22(29)14-7-15-18(25)12(8-24(15)20(27)13(14)9-30-21(22)28)16-11-6-4-5-10(2)17(11)23-19(16)26/h4-7,29H,3,8-9H2,1-2H3,(H,23,26)/b16-12+/t22-/m1/s1. The van der Waals surface area contributed by atoms with E-state index < -0.39 is 28.8 Å². The number of rotatable bonds is 1. The Labute approximate surface area is 170 Å². The smallest absolute Gasteiger partial charge is 0.343 e. The third-order valence-corrected chi connectivity index (χ3v) is 6.18. The van der Waals surface area contributed by atoms with Crippen LogP contribution < -0.4 is 10.9 Å². The van der Waals surface area contributed by atoms with Crippen LogP contribution in [-0.4, -0.2) is 27.3 Å². The molecule has 0 spiro atoms. The molecule has 3 aliphatic rings. The van der Waals surface area contributed by atoms with Crippen LogP contribution in [0.1, 0.15) is 46.1 Å². The second kappa shape index (κ2) is 5.99. The van der Waals surface area contributed by atoms with Crippen molar-refractivity contribution in [3.05, 3.63) is 68.1 Å². The number of para-hydroxylation sites is 1. The van der Waals surface area contributed by atoms with Crippen molar-refractivity contribution in [2.75, 3.05) is 5.32 Å². The number of cyclic esters (lactones) is 1. The highest BCUT2D eigenvalue weighted by Crippen LogP contribution is 2.40. The van der Waals surface area contributed by atoms with Crippen LogP contribution in [-0.2, 0) is 33.1 Å². The van der Waals surface area contributed by atoms with E-state index in [2.05, 4.69) is 5.32 Å². The lowest BCUT2D eigenvalue weighted by atomic mass is 9.86. The SMILES string of the molecule is CC[C@]1(O)C(=O)OCc2c1cc1n(c2=O)C/C(=C2\C(=O)Nc3c(C)cccc32)C1=O. The number of amides is 1. The van der Waals surface area contributed by atoms with E-state index in [0.717, 1.165) is 5.56 Å². The molecule has 0 saturated heterocycles. The Bertz CT molecular complexity index is 1290. The minimum absolute atomic E-state index is 0.00107. The van der Waals surface area contributed by atoms with Gasteiger partial charge in [-0.2, -0.15) is 0 Å². The van der Waals surface area contributed by atoms with Gasteiger partial charge in [-0.15, -0.1) is 0 Å². The van der Waals surface area contributed by atoms with E-state index in [1.807, 2.05) is 13.0 Å². The molecule has 0 radical (unpaired) electrons. The van der Waals surface area contributed by atoms with E-state index in [0.29, 0.717) is 11.3 Å². The fraction of sp³-hybridized carbons (Fsp3) is 0.273. The number of hydrogen-bond donors (Lipinski definition) is 2. The van der Waals surface area contributed by atoms with Crippen LogP contribution in [0.3, 0.4) is 0 Å². The maximum absolute atomic E-state index is 13.2. The molecule has 5 rings (SSSR count). The molecule has 0 fully saturated rings. The third kappa shape index (κ3) is 2.19. The summed E-state index contributed by atoms with van der Waals surface area (Å²) in [6, 6.07) is 6.81. The second-order valence-corrected chi connectivity index (χ2v) is 7.74. The van der Waals surface area contributed by atoms with Crippen molar-refractivity contribution < 1.29 is 24.2 Å². The highest BCUT2D eigenvalue weighted by Gasteiger charge is 2.46. The van der Waals surface area contributed by atoms with Gasteiger partial charge in [-0.3, -0.25) is 14.4 Å². The molecule has 152 valence electrons. The molecule has 1 atom stereocenters. The van der Waals surface area contributed by atoms with E-state index in [1.165, 1.54) is 10.6 Å². The van der Waals surface area contributed by atoms with Gasteiger partial charge >= 0.3 is 5.97 Å². The summed E-state index contributed by atoms with van der Waals surface area (Å²) in [6.07, 6.45) is -0.00107. The molecule has 1 amide bonds. The topological polar surface area (TPSA) is 115 Å². The van der Waals surface area contributed by atoms with Crippen LogP contribution in [0, 0.1) is 6.92 Å². The predicted molar refractivity (Wildman–Crippen MR) is 106 cm³/mol. The van der Waals surface area contributed by atoms with E-state index in [1.54, 1.807) is 19.1 Å². The predicted octanol–water partition coefficient (Wildman–Crippen LogP) is 1.41. The minimum atomic E-state index is -1.98. The summed E-state index contributed by atoms with van der Waals surface area (Å²) in [7, 11) is 0. The van der Waals surface area contributed by atoms with E-state index in [-0.39, 0.29) is 47.5 Å². The number of fused-ring (bicyclic) bond motifs is 3. The van der Waals surface area contributed by atoms with E-state index in [9.17, 15) is 24.3 Å². The summed E-state index contributed by atoms with van der Waals surface area (Å²) in [5.41, 5.74) is 0.422. The Kier molecular flexibility index (Phi) is 3.70. The number of hydrogen-bond acceptors (Lipinski definition) is 6. The summed E-state index contributed by atoms with van der Waals surface area (Å²) in [4.78, 5) is 51.2. The van der Waals surface area contributed by atoms with Gasteiger partial charge in [0.25, 0.3) is 11.5 Å². The molecule has 3 aliphatic heterocycles. The van der Waals surface area contributed by atoms with Crippen LogP contribution in [0.4, 0.5) is 5.69 Å². The number of benzene rings is 1. The lowest BCUT2D eigenvalue weighted by Gasteiger charge is -2.31. The Hall–Kier alpha value is -3.52. The second-order valence-electron chi connectivity index (χ2n) is 7.74. The number of ketones is 1. The van der Waals surface area contributed by atoms with Gasteiger partial charge < -0.3 is 19.7 Å². The number of anilines is 1. The Morgan fingerprint density at radius 3 is 2.73 bits per heavy atom. The number of Topliss-reactive ketones (excluding diaryl/α,β-unsaturated/α-hetero) is 1. The Balaban J connectivity index is 1.73. The molecule has 0 unspecified atom stereocenters. The van der Waals surface area contributed by atoms with Crippen molar-refractivity contribution >= 4 is 28.9 Å². The van der Waals surface area contributed by atoms with Crippen molar-refractivity contribution in [1.29, 1.82) is 0 Å². The average Bonchev–Trinajstić information content (AvgIpc) is 3.23. The number of allylic oxidation sites excluding steroid dienone is 1. The number of aromatic nitrogens is 1. The monoisotopic (exact) mass is 406 g/mol. The maximum Gasteiger partial charge on any atom is 0.343 e. The van der Waals surface area contributed by atoms with Gasteiger partial charge in [0.2, 0.25) is 5.78 Å². The van der Waals surface area contributed by atoms with Gasteiger partial charge in [0.1, 0.15) is 6.61 Å². The molecule has 1 aromatic heterocycles. The first-order chi connectivity index (χ1) is 14.3. The van der Waals surface area contributed by atoms with Crippen molar-refractivity contribution in [3.63, 3.8) is 0 Å². The molecule has 30 heavy (non-hydrogen) atoms. The van der Waals surface area contributed by atoms with Gasteiger partial charge in [-0.1, -0.05) is 25.1 Å². The molecule has 8 nitrogen and oxygen atoms in total.